The Morgan fingerprint density at radius 3 is 2.61 bits per heavy atom. The second kappa shape index (κ2) is 8.05. The number of pyridine rings is 1. The van der Waals surface area contributed by atoms with E-state index in [-0.39, 0.29) is 17.9 Å². The Hall–Kier alpha value is -2.77. The van der Waals surface area contributed by atoms with Gasteiger partial charge in [-0.3, -0.25) is 14.0 Å². The average molecular weight is 453 g/mol. The van der Waals surface area contributed by atoms with E-state index in [4.69, 9.17) is 11.6 Å². The van der Waals surface area contributed by atoms with E-state index in [2.05, 4.69) is 14.7 Å². The summed E-state index contributed by atoms with van der Waals surface area (Å²) < 4.78 is 2.08. The van der Waals surface area contributed by atoms with E-state index >= 15 is 0 Å². The van der Waals surface area contributed by atoms with Crippen LogP contribution in [0.4, 0.5) is 0 Å². The molecule has 0 radical (unpaired) electrons. The van der Waals surface area contributed by atoms with Crippen molar-refractivity contribution in [2.75, 3.05) is 13.1 Å². The Morgan fingerprint density at radius 2 is 1.87 bits per heavy atom. The zero-order chi connectivity index (χ0) is 21.5. The smallest absolute Gasteiger partial charge is 0.258 e. The lowest BCUT2D eigenvalue weighted by Gasteiger charge is -2.33. The van der Waals surface area contributed by atoms with E-state index in [1.54, 1.807) is 24.3 Å². The number of nitrogens with zero attached hydrogens (tertiary/aromatic N) is 3. The maximum Gasteiger partial charge on any atom is 0.258 e. The number of amides is 2. The van der Waals surface area contributed by atoms with Crippen molar-refractivity contribution in [2.45, 2.75) is 30.8 Å². The van der Waals surface area contributed by atoms with Gasteiger partial charge >= 0.3 is 0 Å². The second-order valence-electron chi connectivity index (χ2n) is 7.80. The number of rotatable bonds is 3. The molecule has 0 bridgehead atoms. The minimum absolute atomic E-state index is 0.00388. The number of carbonyl (C=O) groups is 2. The maximum atomic E-state index is 13.1. The van der Waals surface area contributed by atoms with Gasteiger partial charge in [0.05, 0.1) is 21.8 Å². The molecule has 1 fully saturated rings. The van der Waals surface area contributed by atoms with Crippen molar-refractivity contribution in [1.82, 2.24) is 19.6 Å². The molecule has 0 atom stereocenters. The van der Waals surface area contributed by atoms with Crippen LogP contribution in [0.15, 0.2) is 58.6 Å². The molecule has 2 aliphatic rings. The molecule has 0 aliphatic carbocycles. The summed E-state index contributed by atoms with van der Waals surface area (Å²) in [5, 5.41) is 4.78. The van der Waals surface area contributed by atoms with Gasteiger partial charge in [-0.05, 0) is 61.7 Å². The second-order valence-corrected chi connectivity index (χ2v) is 9.27. The van der Waals surface area contributed by atoms with Crippen LogP contribution in [-0.2, 0) is 4.79 Å². The molecule has 4 heterocycles. The van der Waals surface area contributed by atoms with Crippen molar-refractivity contribution in [3.63, 3.8) is 0 Å². The van der Waals surface area contributed by atoms with Gasteiger partial charge in [-0.25, -0.2) is 4.98 Å². The van der Waals surface area contributed by atoms with E-state index in [1.165, 1.54) is 11.8 Å². The van der Waals surface area contributed by atoms with Crippen LogP contribution in [0.3, 0.4) is 0 Å². The lowest BCUT2D eigenvalue weighted by Crippen LogP contribution is -2.46. The van der Waals surface area contributed by atoms with Crippen LogP contribution < -0.4 is 5.32 Å². The third-order valence-corrected chi connectivity index (χ3v) is 7.32. The summed E-state index contributed by atoms with van der Waals surface area (Å²) >= 11 is 7.39. The summed E-state index contributed by atoms with van der Waals surface area (Å²) in [6.07, 6.45) is 3.28. The first kappa shape index (κ1) is 20.2. The molecule has 2 amide bonds. The Balaban J connectivity index is 1.24. The molecule has 8 heteroatoms. The number of thioether (sulfide) groups is 1. The number of piperidine rings is 1. The number of carbonyl (C=O) groups excluding carboxylic acids is 2. The first-order valence-corrected chi connectivity index (χ1v) is 11.4. The van der Waals surface area contributed by atoms with Crippen LogP contribution in [0.1, 0.15) is 35.8 Å². The van der Waals surface area contributed by atoms with E-state index < -0.39 is 0 Å². The monoisotopic (exact) mass is 452 g/mol. The summed E-state index contributed by atoms with van der Waals surface area (Å²) in [7, 11) is 0. The molecular weight excluding hydrogens is 432 g/mol. The topological polar surface area (TPSA) is 66.7 Å². The lowest BCUT2D eigenvalue weighted by molar-refractivity contribution is -0.117. The quantitative estimate of drug-likeness (QED) is 0.645. The van der Waals surface area contributed by atoms with Crippen LogP contribution in [0, 0.1) is 0 Å². The molecule has 31 heavy (non-hydrogen) atoms. The Bertz CT molecular complexity index is 1210. The van der Waals surface area contributed by atoms with Crippen LogP contribution in [-0.4, -0.2) is 45.2 Å². The molecule has 0 saturated carbocycles. The molecule has 1 aromatic carbocycles. The highest BCUT2D eigenvalue weighted by Crippen LogP contribution is 2.39. The van der Waals surface area contributed by atoms with Gasteiger partial charge in [0, 0.05) is 29.7 Å². The molecule has 2 aromatic heterocycles. The van der Waals surface area contributed by atoms with E-state index in [1.807, 2.05) is 36.2 Å². The Morgan fingerprint density at radius 1 is 1.13 bits per heavy atom. The first-order chi connectivity index (χ1) is 15.0. The third kappa shape index (κ3) is 3.72. The van der Waals surface area contributed by atoms with Crippen molar-refractivity contribution in [3.05, 3.63) is 69.8 Å². The van der Waals surface area contributed by atoms with Gasteiger partial charge < -0.3 is 10.2 Å². The van der Waals surface area contributed by atoms with Crippen molar-refractivity contribution >= 4 is 46.4 Å². The third-order valence-electron chi connectivity index (χ3n) is 5.84. The number of hydrogen-bond acceptors (Lipinski definition) is 4. The predicted molar refractivity (Wildman–Crippen MR) is 122 cm³/mol. The molecule has 158 valence electrons. The number of allylic oxidation sites excluding steroid dienone is 1. The summed E-state index contributed by atoms with van der Waals surface area (Å²) in [5.41, 5.74) is 3.41. The van der Waals surface area contributed by atoms with Crippen molar-refractivity contribution in [3.8, 4) is 0 Å². The summed E-state index contributed by atoms with van der Waals surface area (Å²) in [6, 6.07) is 12.9. The summed E-state index contributed by atoms with van der Waals surface area (Å²) in [5.74, 6) is -0.0568. The highest BCUT2D eigenvalue weighted by molar-refractivity contribution is 8.04. The van der Waals surface area contributed by atoms with Crippen molar-refractivity contribution in [1.29, 1.82) is 0 Å². The number of benzene rings is 1. The molecule has 1 saturated heterocycles. The standard InChI is InChI=1S/C23H21ClN4O2S/c1-14-18-13-25-19-3-2-4-20(28(18)19)31-21(14)22(29)26-17-9-11-27(12-10-17)23(30)15-5-7-16(24)8-6-15/h2-8,13,17H,9-12H2,1H3,(H,26,29). The summed E-state index contributed by atoms with van der Waals surface area (Å²) in [6.45, 7) is 3.20. The minimum atomic E-state index is -0.0607. The largest absolute Gasteiger partial charge is 0.349 e. The number of hydrogen-bond donors (Lipinski definition) is 1. The van der Waals surface area contributed by atoms with Gasteiger partial charge in [0.1, 0.15) is 5.65 Å². The SMILES string of the molecule is CC1=C(C(=O)NC2CCN(C(=O)c3ccc(Cl)cc3)CC2)Sc2cccc3ncc1n23. The highest BCUT2D eigenvalue weighted by atomic mass is 35.5. The first-order valence-electron chi connectivity index (χ1n) is 10.2. The Kier molecular flexibility index (Phi) is 5.24. The molecular formula is C23H21ClN4O2S. The number of likely N-dealkylation sites (tertiary alicyclic amines) is 1. The average Bonchev–Trinajstić information content (AvgIpc) is 3.22. The van der Waals surface area contributed by atoms with Crippen LogP contribution in [0.5, 0.6) is 0 Å². The zero-order valence-electron chi connectivity index (χ0n) is 17.0. The van der Waals surface area contributed by atoms with Crippen LogP contribution >= 0.6 is 23.4 Å². The van der Waals surface area contributed by atoms with E-state index in [0.717, 1.165) is 34.8 Å². The van der Waals surface area contributed by atoms with E-state index in [9.17, 15) is 9.59 Å². The minimum Gasteiger partial charge on any atom is -0.349 e. The molecule has 6 nitrogen and oxygen atoms in total. The molecule has 0 spiro atoms. The van der Waals surface area contributed by atoms with Crippen LogP contribution in [0.25, 0.3) is 11.2 Å². The number of imidazole rings is 1. The normalized spacial score (nSPS) is 16.6. The van der Waals surface area contributed by atoms with E-state index in [0.29, 0.717) is 28.6 Å². The van der Waals surface area contributed by atoms with Crippen LogP contribution in [0.2, 0.25) is 5.02 Å². The predicted octanol–water partition coefficient (Wildman–Crippen LogP) is 4.25. The molecule has 0 unspecified atom stereocenters. The fourth-order valence-electron chi connectivity index (χ4n) is 4.12. The number of nitrogens with one attached hydrogen (secondary N) is 1. The number of aromatic nitrogens is 2. The summed E-state index contributed by atoms with van der Waals surface area (Å²) in [4.78, 5) is 32.8. The maximum absolute atomic E-state index is 13.1. The molecule has 2 aliphatic heterocycles. The number of halogens is 1. The van der Waals surface area contributed by atoms with Gasteiger partial charge in [-0.2, -0.15) is 0 Å². The Labute approximate surface area is 189 Å². The van der Waals surface area contributed by atoms with Gasteiger partial charge in [0.2, 0.25) is 0 Å². The molecule has 5 rings (SSSR count). The van der Waals surface area contributed by atoms with Gasteiger partial charge in [0.25, 0.3) is 11.8 Å². The van der Waals surface area contributed by atoms with Gasteiger partial charge in [-0.1, -0.05) is 29.4 Å². The lowest BCUT2D eigenvalue weighted by atomic mass is 10.0. The molecule has 1 N–H and O–H groups in total. The van der Waals surface area contributed by atoms with Gasteiger partial charge in [0.15, 0.2) is 0 Å². The van der Waals surface area contributed by atoms with Gasteiger partial charge in [-0.15, -0.1) is 0 Å². The van der Waals surface area contributed by atoms with Crippen molar-refractivity contribution < 1.29 is 9.59 Å². The highest BCUT2D eigenvalue weighted by Gasteiger charge is 2.28. The fraction of sp³-hybridized carbons (Fsp3) is 0.261. The van der Waals surface area contributed by atoms with Crippen molar-refractivity contribution in [2.24, 2.45) is 0 Å². The zero-order valence-corrected chi connectivity index (χ0v) is 18.5. The molecule has 3 aromatic rings. The fourth-order valence-corrected chi connectivity index (χ4v) is 5.29.